The van der Waals surface area contributed by atoms with Gasteiger partial charge in [-0.3, -0.25) is 4.40 Å². The van der Waals surface area contributed by atoms with Gasteiger partial charge < -0.3 is 10.2 Å². The van der Waals surface area contributed by atoms with Crippen molar-refractivity contribution in [2.45, 2.75) is 6.92 Å². The lowest BCUT2D eigenvalue weighted by atomic mass is 10.2. The Morgan fingerprint density at radius 1 is 1.08 bits per heavy atom. The molecule has 0 saturated heterocycles. The second-order valence-electron chi connectivity index (χ2n) is 6.23. The van der Waals surface area contributed by atoms with E-state index >= 15 is 0 Å². The zero-order valence-electron chi connectivity index (χ0n) is 14.7. The summed E-state index contributed by atoms with van der Waals surface area (Å²) in [6.45, 7) is 1.99. The molecule has 0 amide bonds. The lowest BCUT2D eigenvalue weighted by Gasteiger charge is -2.12. The minimum Gasteiger partial charge on any atom is -0.378 e. The monoisotopic (exact) mass is 383 g/mol. The highest BCUT2D eigenvalue weighted by Gasteiger charge is 2.14. The Hall–Kier alpha value is -2.57. The maximum atomic E-state index is 6.15. The molecule has 0 aliphatic carbocycles. The third kappa shape index (κ3) is 3.13. The van der Waals surface area contributed by atoms with Gasteiger partial charge in [-0.25, -0.2) is 9.97 Å². The van der Waals surface area contributed by atoms with Crippen LogP contribution in [0.15, 0.2) is 48.0 Å². The second kappa shape index (κ2) is 6.63. The fourth-order valence-corrected chi connectivity index (χ4v) is 3.73. The first-order chi connectivity index (χ1) is 12.5. The first-order valence-corrected chi connectivity index (χ1v) is 9.41. The van der Waals surface area contributed by atoms with Crippen LogP contribution in [0.1, 0.15) is 5.69 Å². The van der Waals surface area contributed by atoms with Gasteiger partial charge in [0, 0.05) is 37.0 Å². The van der Waals surface area contributed by atoms with Crippen LogP contribution in [0.25, 0.3) is 17.0 Å². The van der Waals surface area contributed by atoms with E-state index in [0.717, 1.165) is 39.2 Å². The highest BCUT2D eigenvalue weighted by atomic mass is 35.5. The molecular weight excluding hydrogens is 366 g/mol. The molecule has 4 rings (SSSR count). The first-order valence-electron chi connectivity index (χ1n) is 8.16. The molecule has 1 N–H and O–H groups in total. The van der Waals surface area contributed by atoms with Crippen molar-refractivity contribution in [2.75, 3.05) is 24.3 Å². The molecule has 0 aliphatic rings. The van der Waals surface area contributed by atoms with Gasteiger partial charge >= 0.3 is 0 Å². The predicted octanol–water partition coefficient (Wildman–Crippen LogP) is 5.23. The van der Waals surface area contributed by atoms with E-state index in [2.05, 4.69) is 39.5 Å². The van der Waals surface area contributed by atoms with Crippen LogP contribution in [-0.4, -0.2) is 28.5 Å². The zero-order valence-corrected chi connectivity index (χ0v) is 16.3. The van der Waals surface area contributed by atoms with Gasteiger partial charge in [0.15, 0.2) is 5.13 Å². The van der Waals surface area contributed by atoms with Crippen molar-refractivity contribution >= 4 is 45.1 Å². The summed E-state index contributed by atoms with van der Waals surface area (Å²) in [5.74, 6) is 0. The molecular formula is C19H18ClN5S. The molecule has 4 aromatic rings. The summed E-state index contributed by atoms with van der Waals surface area (Å²) in [4.78, 5) is 11.4. The average Bonchev–Trinajstić information content (AvgIpc) is 3.18. The van der Waals surface area contributed by atoms with E-state index in [1.807, 2.05) is 49.1 Å². The first kappa shape index (κ1) is 16.9. The number of anilines is 3. The van der Waals surface area contributed by atoms with Gasteiger partial charge in [0.1, 0.15) is 11.3 Å². The Bertz CT molecular complexity index is 1070. The fraction of sp³-hybridized carbons (Fsp3) is 0.158. The predicted molar refractivity (Wildman–Crippen MR) is 110 cm³/mol. The summed E-state index contributed by atoms with van der Waals surface area (Å²) in [5, 5.41) is 6.91. The number of pyridine rings is 1. The van der Waals surface area contributed by atoms with Crippen LogP contribution in [0, 0.1) is 6.92 Å². The summed E-state index contributed by atoms with van der Waals surface area (Å²) in [5.41, 5.74) is 5.82. The number of aryl methyl sites for hydroxylation is 1. The fourth-order valence-electron chi connectivity index (χ4n) is 2.85. The normalized spacial score (nSPS) is 11.1. The Kier molecular flexibility index (Phi) is 4.30. The molecule has 0 spiro atoms. The zero-order chi connectivity index (χ0) is 18.3. The van der Waals surface area contributed by atoms with E-state index in [-0.39, 0.29) is 0 Å². The van der Waals surface area contributed by atoms with E-state index < -0.39 is 0 Å². The minimum atomic E-state index is 0.672. The van der Waals surface area contributed by atoms with E-state index in [1.54, 1.807) is 11.3 Å². The average molecular weight is 384 g/mol. The lowest BCUT2D eigenvalue weighted by molar-refractivity contribution is 1.13. The van der Waals surface area contributed by atoms with Crippen molar-refractivity contribution in [3.05, 3.63) is 58.7 Å². The number of hydrogen-bond donors (Lipinski definition) is 1. The Morgan fingerprint density at radius 2 is 1.85 bits per heavy atom. The molecule has 0 atom stereocenters. The van der Waals surface area contributed by atoms with E-state index in [4.69, 9.17) is 16.6 Å². The van der Waals surface area contributed by atoms with Crippen molar-refractivity contribution in [3.63, 3.8) is 0 Å². The number of halogens is 1. The summed E-state index contributed by atoms with van der Waals surface area (Å²) in [7, 11) is 4.06. The Morgan fingerprint density at radius 3 is 2.58 bits per heavy atom. The molecule has 0 saturated carbocycles. The van der Waals surface area contributed by atoms with E-state index in [9.17, 15) is 0 Å². The molecule has 132 valence electrons. The maximum absolute atomic E-state index is 6.15. The number of imidazole rings is 1. The SMILES string of the molecule is Cc1nc2ccc(Cl)cn2c1-c1csc(Nc2ccc(N(C)C)cc2)n1. The number of nitrogens with zero attached hydrogens (tertiary/aromatic N) is 4. The molecule has 0 radical (unpaired) electrons. The molecule has 3 aromatic heterocycles. The summed E-state index contributed by atoms with van der Waals surface area (Å²) < 4.78 is 1.99. The van der Waals surface area contributed by atoms with Crippen LogP contribution in [0.5, 0.6) is 0 Å². The number of nitrogens with one attached hydrogen (secondary N) is 1. The molecule has 3 heterocycles. The third-order valence-corrected chi connectivity index (χ3v) is 5.12. The molecule has 0 unspecified atom stereocenters. The van der Waals surface area contributed by atoms with Gasteiger partial charge in [-0.05, 0) is 43.3 Å². The largest absolute Gasteiger partial charge is 0.378 e. The molecule has 0 bridgehead atoms. The topological polar surface area (TPSA) is 45.5 Å². The van der Waals surface area contributed by atoms with Crippen molar-refractivity contribution in [3.8, 4) is 11.4 Å². The number of benzene rings is 1. The van der Waals surface area contributed by atoms with Gasteiger partial charge in [0.05, 0.1) is 16.4 Å². The van der Waals surface area contributed by atoms with E-state index in [1.165, 1.54) is 0 Å². The van der Waals surface area contributed by atoms with Gasteiger partial charge in [-0.2, -0.15) is 0 Å². The highest BCUT2D eigenvalue weighted by Crippen LogP contribution is 2.30. The molecule has 7 heteroatoms. The Labute approximate surface area is 160 Å². The quantitative estimate of drug-likeness (QED) is 0.524. The van der Waals surface area contributed by atoms with E-state index in [0.29, 0.717) is 5.02 Å². The molecule has 26 heavy (non-hydrogen) atoms. The van der Waals surface area contributed by atoms with Crippen LogP contribution in [-0.2, 0) is 0 Å². The number of aromatic nitrogens is 3. The van der Waals surface area contributed by atoms with Crippen molar-refractivity contribution in [1.82, 2.24) is 14.4 Å². The van der Waals surface area contributed by atoms with Crippen LogP contribution in [0.3, 0.4) is 0 Å². The van der Waals surface area contributed by atoms with Crippen LogP contribution < -0.4 is 10.2 Å². The molecule has 5 nitrogen and oxygen atoms in total. The summed E-state index contributed by atoms with van der Waals surface area (Å²) in [6.07, 6.45) is 1.87. The van der Waals surface area contributed by atoms with Crippen molar-refractivity contribution in [1.29, 1.82) is 0 Å². The summed E-state index contributed by atoms with van der Waals surface area (Å²) >= 11 is 7.72. The van der Waals surface area contributed by atoms with Crippen molar-refractivity contribution in [2.24, 2.45) is 0 Å². The summed E-state index contributed by atoms with van der Waals surface area (Å²) in [6, 6.07) is 12.0. The highest BCUT2D eigenvalue weighted by molar-refractivity contribution is 7.14. The molecule has 1 aromatic carbocycles. The molecule has 0 fully saturated rings. The van der Waals surface area contributed by atoms with Gasteiger partial charge in [-0.15, -0.1) is 11.3 Å². The number of rotatable bonds is 4. The van der Waals surface area contributed by atoms with Gasteiger partial charge in [0.25, 0.3) is 0 Å². The smallest absolute Gasteiger partial charge is 0.187 e. The van der Waals surface area contributed by atoms with Gasteiger partial charge in [-0.1, -0.05) is 11.6 Å². The lowest BCUT2D eigenvalue weighted by Crippen LogP contribution is -2.08. The van der Waals surface area contributed by atoms with Crippen LogP contribution in [0.4, 0.5) is 16.5 Å². The standard InChI is InChI=1S/C19H18ClN5S/c1-12-18(25-10-13(20)4-9-17(25)21-12)16-11-26-19(23-16)22-14-5-7-15(8-6-14)24(2)3/h4-11H,1-3H3,(H,22,23). The van der Waals surface area contributed by atoms with Gasteiger partial charge in [0.2, 0.25) is 0 Å². The number of hydrogen-bond acceptors (Lipinski definition) is 5. The second-order valence-corrected chi connectivity index (χ2v) is 7.52. The van der Waals surface area contributed by atoms with Crippen LogP contribution in [0.2, 0.25) is 5.02 Å². The third-order valence-electron chi connectivity index (χ3n) is 4.14. The molecule has 0 aliphatic heterocycles. The Balaban J connectivity index is 1.64. The maximum Gasteiger partial charge on any atom is 0.187 e. The van der Waals surface area contributed by atoms with Crippen molar-refractivity contribution < 1.29 is 0 Å². The number of thiazole rings is 1. The van der Waals surface area contributed by atoms with Crippen LogP contribution >= 0.6 is 22.9 Å². The minimum absolute atomic E-state index is 0.672. The number of fused-ring (bicyclic) bond motifs is 1.